The first-order chi connectivity index (χ1) is 7.81. The fourth-order valence-electron chi connectivity index (χ4n) is 0.743. The highest BCUT2D eigenvalue weighted by Gasteiger charge is 2.02. The number of rotatable bonds is 10. The van der Waals surface area contributed by atoms with Crippen LogP contribution in [0.5, 0.6) is 0 Å². The Hall–Kier alpha value is -0.550. The predicted octanol–water partition coefficient (Wildman–Crippen LogP) is 2.98. The lowest BCUT2D eigenvalue weighted by molar-refractivity contribution is 0.0645. The van der Waals surface area contributed by atoms with Crippen LogP contribution in [0.15, 0.2) is 25.3 Å². The molecule has 0 bridgehead atoms. The van der Waals surface area contributed by atoms with E-state index in [9.17, 15) is 4.79 Å². The summed E-state index contributed by atoms with van der Waals surface area (Å²) >= 11 is 3.33. The lowest BCUT2D eigenvalue weighted by Crippen LogP contribution is -2.11. The van der Waals surface area contributed by atoms with Gasteiger partial charge < -0.3 is 9.47 Å². The Morgan fingerprint density at radius 1 is 1.00 bits per heavy atom. The first-order valence-electron chi connectivity index (χ1n) is 4.98. The third-order valence-corrected chi connectivity index (χ3v) is 3.22. The second-order valence-electron chi connectivity index (χ2n) is 2.67. The Morgan fingerprint density at radius 2 is 1.44 bits per heavy atom. The van der Waals surface area contributed by atoms with Gasteiger partial charge in [0.2, 0.25) is 0 Å². The molecule has 0 fully saturated rings. The molecule has 0 rings (SSSR count). The topological polar surface area (TPSA) is 35.5 Å². The van der Waals surface area contributed by atoms with E-state index < -0.39 is 6.16 Å². The highest BCUT2D eigenvalue weighted by Crippen LogP contribution is 2.01. The van der Waals surface area contributed by atoms with Gasteiger partial charge in [-0.25, -0.2) is 4.79 Å². The first kappa shape index (κ1) is 15.4. The van der Waals surface area contributed by atoms with E-state index in [1.165, 1.54) is 0 Å². The Morgan fingerprint density at radius 3 is 1.81 bits per heavy atom. The molecule has 0 unspecified atom stereocenters. The van der Waals surface area contributed by atoms with E-state index >= 15 is 0 Å². The molecule has 0 radical (unpaired) electrons. The smallest absolute Gasteiger partial charge is 0.433 e. The van der Waals surface area contributed by atoms with Crippen LogP contribution in [0.2, 0.25) is 0 Å². The third-order valence-electron chi connectivity index (χ3n) is 1.37. The molecule has 0 aromatic heterocycles. The Bertz CT molecular complexity index is 187. The predicted molar refractivity (Wildman–Crippen MR) is 72.3 cm³/mol. The Labute approximate surface area is 106 Å². The summed E-state index contributed by atoms with van der Waals surface area (Å²) in [7, 11) is 0. The van der Waals surface area contributed by atoms with E-state index in [1.807, 2.05) is 12.2 Å². The van der Waals surface area contributed by atoms with E-state index in [1.54, 1.807) is 23.5 Å². The van der Waals surface area contributed by atoms with Gasteiger partial charge >= 0.3 is 6.16 Å². The van der Waals surface area contributed by atoms with Crippen LogP contribution in [0, 0.1) is 0 Å². The maximum Gasteiger partial charge on any atom is 0.508 e. The van der Waals surface area contributed by atoms with Crippen molar-refractivity contribution in [2.75, 3.05) is 36.2 Å². The van der Waals surface area contributed by atoms with Crippen molar-refractivity contribution in [3.63, 3.8) is 0 Å². The highest BCUT2D eigenvalue weighted by molar-refractivity contribution is 7.99. The number of carbonyl (C=O) groups excluding carboxylic acids is 1. The molecule has 0 aromatic carbocycles. The fourth-order valence-corrected chi connectivity index (χ4v) is 1.81. The van der Waals surface area contributed by atoms with Crippen LogP contribution >= 0.6 is 23.5 Å². The molecule has 0 N–H and O–H groups in total. The molecule has 0 heterocycles. The summed E-state index contributed by atoms with van der Waals surface area (Å²) in [4.78, 5) is 11.0. The molecule has 0 atom stereocenters. The van der Waals surface area contributed by atoms with E-state index in [2.05, 4.69) is 13.2 Å². The van der Waals surface area contributed by atoms with Crippen molar-refractivity contribution in [3.05, 3.63) is 25.3 Å². The largest absolute Gasteiger partial charge is 0.508 e. The zero-order valence-corrected chi connectivity index (χ0v) is 11.0. The first-order valence-corrected chi connectivity index (χ1v) is 7.29. The maximum atomic E-state index is 11.0. The van der Waals surface area contributed by atoms with Crippen LogP contribution in [0.25, 0.3) is 0 Å². The molecule has 3 nitrogen and oxygen atoms in total. The minimum absolute atomic E-state index is 0.386. The molecule has 0 aromatic rings. The Balaban J connectivity index is 3.18. The molecule has 0 saturated heterocycles. The second kappa shape index (κ2) is 12.5. The minimum atomic E-state index is -0.585. The fraction of sp³-hybridized carbons (Fsp3) is 0.545. The van der Waals surface area contributed by atoms with Crippen LogP contribution < -0.4 is 0 Å². The third kappa shape index (κ3) is 11.5. The summed E-state index contributed by atoms with van der Waals surface area (Å²) in [5.41, 5.74) is 0. The summed E-state index contributed by atoms with van der Waals surface area (Å²) in [5, 5.41) is 0. The summed E-state index contributed by atoms with van der Waals surface area (Å²) in [5.74, 6) is 3.28. The standard InChI is InChI=1S/C11H18O3S2/c1-3-7-15-9-5-13-11(12)14-6-10-16-8-4-2/h3-4H,1-2,5-10H2. The van der Waals surface area contributed by atoms with Gasteiger partial charge in [0.15, 0.2) is 0 Å². The minimum Gasteiger partial charge on any atom is -0.433 e. The Kier molecular flexibility index (Phi) is 12.1. The van der Waals surface area contributed by atoms with E-state index in [4.69, 9.17) is 9.47 Å². The van der Waals surface area contributed by atoms with Gasteiger partial charge in [0.25, 0.3) is 0 Å². The SMILES string of the molecule is C=CCSCCOC(=O)OCCSCC=C. The molecule has 0 aliphatic rings. The molecule has 92 valence electrons. The molecule has 0 spiro atoms. The maximum absolute atomic E-state index is 11.0. The quantitative estimate of drug-likeness (QED) is 0.343. The van der Waals surface area contributed by atoms with Crippen LogP contribution in [0.1, 0.15) is 0 Å². The van der Waals surface area contributed by atoms with E-state index in [0.717, 1.165) is 23.0 Å². The number of carbonyl (C=O) groups is 1. The number of thioether (sulfide) groups is 2. The van der Waals surface area contributed by atoms with Crippen molar-refractivity contribution < 1.29 is 14.3 Å². The van der Waals surface area contributed by atoms with Crippen molar-refractivity contribution in [2.24, 2.45) is 0 Å². The van der Waals surface area contributed by atoms with Gasteiger partial charge in [0.05, 0.1) is 0 Å². The number of hydrogen-bond donors (Lipinski definition) is 0. The second-order valence-corrected chi connectivity index (χ2v) is 4.97. The van der Waals surface area contributed by atoms with Crippen LogP contribution in [-0.4, -0.2) is 42.4 Å². The van der Waals surface area contributed by atoms with Gasteiger partial charge in [0.1, 0.15) is 13.2 Å². The average Bonchev–Trinajstić information content (AvgIpc) is 2.28. The average molecular weight is 262 g/mol. The zero-order chi connectivity index (χ0) is 12.1. The summed E-state index contributed by atoms with van der Waals surface area (Å²) < 4.78 is 9.70. The van der Waals surface area contributed by atoms with Crippen molar-refractivity contribution in [2.45, 2.75) is 0 Å². The number of ether oxygens (including phenoxy) is 2. The van der Waals surface area contributed by atoms with Gasteiger partial charge in [0, 0.05) is 23.0 Å². The molecule has 0 amide bonds. The molecule has 0 saturated carbocycles. The lowest BCUT2D eigenvalue weighted by Gasteiger charge is -2.05. The summed E-state index contributed by atoms with van der Waals surface area (Å²) in [6.07, 6.45) is 3.05. The normalized spacial score (nSPS) is 9.50. The molecule has 0 aliphatic carbocycles. The zero-order valence-electron chi connectivity index (χ0n) is 9.35. The van der Waals surface area contributed by atoms with Gasteiger partial charge in [-0.05, 0) is 0 Å². The lowest BCUT2D eigenvalue weighted by atomic mass is 10.8. The molecule has 5 heteroatoms. The van der Waals surface area contributed by atoms with Crippen LogP contribution in [0.4, 0.5) is 4.79 Å². The van der Waals surface area contributed by atoms with Gasteiger partial charge in [-0.2, -0.15) is 23.5 Å². The summed E-state index contributed by atoms with van der Waals surface area (Å²) in [6, 6.07) is 0. The number of hydrogen-bond acceptors (Lipinski definition) is 5. The highest BCUT2D eigenvalue weighted by atomic mass is 32.2. The van der Waals surface area contributed by atoms with Gasteiger partial charge in [-0.3, -0.25) is 0 Å². The molecule has 0 aliphatic heterocycles. The van der Waals surface area contributed by atoms with Gasteiger partial charge in [-0.15, -0.1) is 13.2 Å². The van der Waals surface area contributed by atoms with Crippen molar-refractivity contribution in [3.8, 4) is 0 Å². The monoisotopic (exact) mass is 262 g/mol. The van der Waals surface area contributed by atoms with Crippen molar-refractivity contribution >= 4 is 29.7 Å². The molecule has 16 heavy (non-hydrogen) atoms. The van der Waals surface area contributed by atoms with Crippen LogP contribution in [0.3, 0.4) is 0 Å². The van der Waals surface area contributed by atoms with Crippen molar-refractivity contribution in [1.29, 1.82) is 0 Å². The van der Waals surface area contributed by atoms with Gasteiger partial charge in [-0.1, -0.05) is 12.2 Å². The van der Waals surface area contributed by atoms with Crippen molar-refractivity contribution in [1.82, 2.24) is 0 Å². The van der Waals surface area contributed by atoms with Crippen LogP contribution in [-0.2, 0) is 9.47 Å². The molecular formula is C11H18O3S2. The molecular weight excluding hydrogens is 244 g/mol. The summed E-state index contributed by atoms with van der Waals surface area (Å²) in [6.45, 7) is 7.96. The van der Waals surface area contributed by atoms with E-state index in [-0.39, 0.29) is 0 Å². The van der Waals surface area contributed by atoms with E-state index in [0.29, 0.717) is 13.2 Å².